The van der Waals surface area contributed by atoms with Crippen LogP contribution in [0.3, 0.4) is 0 Å². The van der Waals surface area contributed by atoms with Gasteiger partial charge in [-0.05, 0) is 31.0 Å². The number of esters is 1. The molecule has 2 aliphatic rings. The molecular formula is C21H25N3O6. The maximum atomic E-state index is 12.4. The molecule has 0 bridgehead atoms. The van der Waals surface area contributed by atoms with Crippen LogP contribution in [0.1, 0.15) is 39.0 Å². The lowest BCUT2D eigenvalue weighted by molar-refractivity contribution is -0.148. The molecule has 3 rings (SSSR count). The molecule has 0 aromatic heterocycles. The number of amides is 4. The van der Waals surface area contributed by atoms with Crippen molar-refractivity contribution >= 4 is 41.0 Å². The minimum atomic E-state index is -0.660. The molecule has 1 heterocycles. The Morgan fingerprint density at radius 1 is 1.03 bits per heavy atom. The number of carbonyl (C=O) groups excluding carboxylic acids is 5. The van der Waals surface area contributed by atoms with E-state index < -0.39 is 18.5 Å². The highest BCUT2D eigenvalue weighted by atomic mass is 16.5. The number of fused-ring (bicyclic) bond motifs is 1. The zero-order valence-electron chi connectivity index (χ0n) is 16.8. The van der Waals surface area contributed by atoms with E-state index in [0.29, 0.717) is 11.4 Å². The normalized spacial score (nSPS) is 20.5. The first-order chi connectivity index (χ1) is 14.3. The van der Waals surface area contributed by atoms with Crippen molar-refractivity contribution in [3.05, 3.63) is 24.3 Å². The molecular weight excluding hydrogens is 390 g/mol. The maximum absolute atomic E-state index is 12.4. The second-order valence-corrected chi connectivity index (χ2v) is 7.55. The van der Waals surface area contributed by atoms with Crippen LogP contribution in [0.4, 0.5) is 11.4 Å². The van der Waals surface area contributed by atoms with Gasteiger partial charge in [0.1, 0.15) is 0 Å². The smallest absolute Gasteiger partial charge is 0.308 e. The molecule has 1 aromatic rings. The van der Waals surface area contributed by atoms with Gasteiger partial charge in [0, 0.05) is 24.8 Å². The van der Waals surface area contributed by atoms with Crippen molar-refractivity contribution in [2.75, 3.05) is 23.8 Å². The summed E-state index contributed by atoms with van der Waals surface area (Å²) in [6.07, 6.45) is 3.18. The van der Waals surface area contributed by atoms with Crippen molar-refractivity contribution in [2.24, 2.45) is 11.8 Å². The molecule has 1 saturated heterocycles. The summed E-state index contributed by atoms with van der Waals surface area (Å²) >= 11 is 0. The van der Waals surface area contributed by atoms with Crippen molar-refractivity contribution in [3.8, 4) is 0 Å². The summed E-state index contributed by atoms with van der Waals surface area (Å²) in [5.41, 5.74) is 0.968. The monoisotopic (exact) mass is 415 g/mol. The summed E-state index contributed by atoms with van der Waals surface area (Å²) in [7, 11) is 0. The fraction of sp³-hybridized carbons (Fsp3) is 0.476. The molecule has 1 saturated carbocycles. The van der Waals surface area contributed by atoms with Gasteiger partial charge in [-0.2, -0.15) is 0 Å². The Kier molecular flexibility index (Phi) is 6.81. The van der Waals surface area contributed by atoms with Crippen molar-refractivity contribution in [1.29, 1.82) is 0 Å². The average Bonchev–Trinajstić information content (AvgIpc) is 2.95. The van der Waals surface area contributed by atoms with Crippen LogP contribution in [0.2, 0.25) is 0 Å². The van der Waals surface area contributed by atoms with Gasteiger partial charge < -0.3 is 15.4 Å². The minimum Gasteiger partial charge on any atom is -0.456 e. The lowest BCUT2D eigenvalue weighted by Crippen LogP contribution is -2.33. The topological polar surface area (TPSA) is 122 Å². The summed E-state index contributed by atoms with van der Waals surface area (Å²) in [5, 5.41) is 5.17. The van der Waals surface area contributed by atoms with E-state index in [-0.39, 0.29) is 42.5 Å². The fourth-order valence-electron chi connectivity index (χ4n) is 3.95. The van der Waals surface area contributed by atoms with E-state index in [2.05, 4.69) is 10.6 Å². The van der Waals surface area contributed by atoms with Gasteiger partial charge >= 0.3 is 5.97 Å². The molecule has 160 valence electrons. The molecule has 0 radical (unpaired) electrons. The number of nitrogens with zero attached hydrogens (tertiary/aromatic N) is 1. The van der Waals surface area contributed by atoms with Gasteiger partial charge in [-0.15, -0.1) is 0 Å². The Labute approximate surface area is 174 Å². The van der Waals surface area contributed by atoms with Gasteiger partial charge in [0.15, 0.2) is 6.61 Å². The first-order valence-corrected chi connectivity index (χ1v) is 10.0. The predicted octanol–water partition coefficient (Wildman–Crippen LogP) is 1.69. The third kappa shape index (κ3) is 5.22. The number of imide groups is 1. The molecule has 0 spiro atoms. The number of anilines is 2. The van der Waals surface area contributed by atoms with E-state index in [0.717, 1.165) is 30.6 Å². The number of hydrogen-bond donors (Lipinski definition) is 2. The zero-order chi connectivity index (χ0) is 21.7. The number of nitrogens with one attached hydrogen (secondary N) is 2. The zero-order valence-corrected chi connectivity index (χ0v) is 16.8. The van der Waals surface area contributed by atoms with Gasteiger partial charge in [-0.1, -0.05) is 18.9 Å². The first kappa shape index (κ1) is 21.5. The Hall–Kier alpha value is -3.23. The van der Waals surface area contributed by atoms with E-state index in [4.69, 9.17) is 4.74 Å². The van der Waals surface area contributed by atoms with E-state index in [1.54, 1.807) is 24.3 Å². The van der Waals surface area contributed by atoms with Crippen LogP contribution in [0.25, 0.3) is 0 Å². The van der Waals surface area contributed by atoms with Gasteiger partial charge in [0.2, 0.25) is 17.7 Å². The van der Waals surface area contributed by atoms with Gasteiger partial charge in [-0.25, -0.2) is 0 Å². The number of benzene rings is 1. The molecule has 1 aliphatic carbocycles. The molecule has 9 heteroatoms. The van der Waals surface area contributed by atoms with Crippen molar-refractivity contribution < 1.29 is 28.7 Å². The highest BCUT2D eigenvalue weighted by Gasteiger charge is 2.47. The Balaban J connectivity index is 1.42. The standard InChI is InChI=1S/C21H25N3O6/c1-13(25)22-14-5-4-6-15(11-14)23-18(26)12-30-19(27)9-10-24-20(28)16-7-2-3-8-17(16)21(24)29/h4-6,11,16-17H,2-3,7-10,12H2,1H3,(H,22,25)(H,23,26)/t16-,17+. The van der Waals surface area contributed by atoms with E-state index >= 15 is 0 Å². The second-order valence-electron chi connectivity index (χ2n) is 7.55. The van der Waals surface area contributed by atoms with Gasteiger partial charge in [0.25, 0.3) is 5.91 Å². The van der Waals surface area contributed by atoms with Crippen LogP contribution in [-0.4, -0.2) is 47.6 Å². The molecule has 0 unspecified atom stereocenters. The summed E-state index contributed by atoms with van der Waals surface area (Å²) in [5.74, 6) is -2.33. The maximum Gasteiger partial charge on any atom is 0.308 e. The van der Waals surface area contributed by atoms with Crippen LogP contribution >= 0.6 is 0 Å². The minimum absolute atomic E-state index is 0.0239. The van der Waals surface area contributed by atoms with Gasteiger partial charge in [0.05, 0.1) is 18.3 Å². The van der Waals surface area contributed by atoms with E-state index in [1.807, 2.05) is 0 Å². The summed E-state index contributed by atoms with van der Waals surface area (Å²) in [6.45, 7) is 0.863. The number of rotatable bonds is 7. The Morgan fingerprint density at radius 2 is 1.63 bits per heavy atom. The summed E-state index contributed by atoms with van der Waals surface area (Å²) in [6, 6.07) is 6.54. The molecule has 4 amide bonds. The number of hydrogen-bond acceptors (Lipinski definition) is 6. The van der Waals surface area contributed by atoms with E-state index in [1.165, 1.54) is 6.92 Å². The number of likely N-dealkylation sites (tertiary alicyclic amines) is 1. The van der Waals surface area contributed by atoms with Crippen LogP contribution in [-0.2, 0) is 28.7 Å². The molecule has 1 aromatic carbocycles. The molecule has 1 aliphatic heterocycles. The Morgan fingerprint density at radius 3 is 2.23 bits per heavy atom. The molecule has 2 atom stereocenters. The lowest BCUT2D eigenvalue weighted by atomic mass is 9.81. The van der Waals surface area contributed by atoms with Crippen LogP contribution in [0.5, 0.6) is 0 Å². The quantitative estimate of drug-likeness (QED) is 0.516. The first-order valence-electron chi connectivity index (χ1n) is 10.0. The van der Waals surface area contributed by atoms with Crippen LogP contribution in [0, 0.1) is 11.8 Å². The summed E-state index contributed by atoms with van der Waals surface area (Å²) < 4.78 is 4.95. The molecule has 2 N–H and O–H groups in total. The average molecular weight is 415 g/mol. The van der Waals surface area contributed by atoms with Crippen LogP contribution in [0.15, 0.2) is 24.3 Å². The number of ether oxygens (including phenoxy) is 1. The van der Waals surface area contributed by atoms with E-state index in [9.17, 15) is 24.0 Å². The number of carbonyl (C=O) groups is 5. The summed E-state index contributed by atoms with van der Waals surface area (Å²) in [4.78, 5) is 61.0. The lowest BCUT2D eigenvalue weighted by Gasteiger charge is -2.19. The highest BCUT2D eigenvalue weighted by Crippen LogP contribution is 2.37. The Bertz CT molecular complexity index is 844. The van der Waals surface area contributed by atoms with Crippen molar-refractivity contribution in [3.63, 3.8) is 0 Å². The van der Waals surface area contributed by atoms with Crippen molar-refractivity contribution in [1.82, 2.24) is 4.90 Å². The van der Waals surface area contributed by atoms with Crippen LogP contribution < -0.4 is 10.6 Å². The third-order valence-corrected chi connectivity index (χ3v) is 5.30. The highest BCUT2D eigenvalue weighted by molar-refractivity contribution is 6.05. The largest absolute Gasteiger partial charge is 0.456 e. The third-order valence-electron chi connectivity index (χ3n) is 5.30. The molecule has 2 fully saturated rings. The SMILES string of the molecule is CC(=O)Nc1cccc(NC(=O)COC(=O)CCN2C(=O)[C@H]3CCCC[C@H]3C2=O)c1. The molecule has 30 heavy (non-hydrogen) atoms. The molecule has 9 nitrogen and oxygen atoms in total. The predicted molar refractivity (Wildman–Crippen MR) is 107 cm³/mol. The van der Waals surface area contributed by atoms with Crippen molar-refractivity contribution in [2.45, 2.75) is 39.0 Å². The second kappa shape index (κ2) is 9.51. The van der Waals surface area contributed by atoms with Gasteiger partial charge in [-0.3, -0.25) is 28.9 Å². The fourth-order valence-corrected chi connectivity index (χ4v) is 3.95.